The van der Waals surface area contributed by atoms with Crippen LogP contribution in [-0.4, -0.2) is 37.5 Å². The lowest BCUT2D eigenvalue weighted by Gasteiger charge is -2.19. The van der Waals surface area contributed by atoms with Gasteiger partial charge < -0.3 is 16.0 Å². The molecule has 2 rings (SSSR count). The number of nitrogen functional groups attached to an aromatic ring is 1. The Kier molecular flexibility index (Phi) is 4.25. The van der Waals surface area contributed by atoms with Gasteiger partial charge in [-0.3, -0.25) is 4.79 Å². The first kappa shape index (κ1) is 14.7. The molecule has 4 nitrogen and oxygen atoms in total. The van der Waals surface area contributed by atoms with Crippen molar-refractivity contribution in [2.24, 2.45) is 0 Å². The summed E-state index contributed by atoms with van der Waals surface area (Å²) in [6, 6.07) is 4.60. The molecule has 0 saturated heterocycles. The van der Waals surface area contributed by atoms with E-state index in [-0.39, 0.29) is 17.8 Å². The number of halogens is 1. The number of rotatable bonds is 4. The van der Waals surface area contributed by atoms with Gasteiger partial charge in [0.1, 0.15) is 10.7 Å². The Morgan fingerprint density at radius 3 is 2.85 bits per heavy atom. The molecule has 1 aromatic carbocycles. The van der Waals surface area contributed by atoms with E-state index >= 15 is 0 Å². The molecule has 108 valence electrons. The Labute approximate surface area is 121 Å². The maximum atomic E-state index is 13.2. The average Bonchev–Trinajstić information content (AvgIpc) is 2.73. The van der Waals surface area contributed by atoms with Crippen LogP contribution in [0.4, 0.5) is 10.1 Å². The van der Waals surface area contributed by atoms with E-state index in [1.54, 1.807) is 6.07 Å². The van der Waals surface area contributed by atoms with Crippen molar-refractivity contribution in [1.29, 1.82) is 0 Å². The molecule has 1 amide bonds. The van der Waals surface area contributed by atoms with Crippen LogP contribution in [0.25, 0.3) is 10.1 Å². The van der Waals surface area contributed by atoms with Gasteiger partial charge in [-0.2, -0.15) is 0 Å². The molecule has 0 aliphatic rings. The highest BCUT2D eigenvalue weighted by Gasteiger charge is 2.17. The molecule has 1 heterocycles. The standard InChI is InChI=1S/C14H18FN3OS/c1-8(18(2)3)7-17-14(19)13-12(16)10-6-9(15)4-5-11(10)20-13/h4-6,8H,7,16H2,1-3H3,(H,17,19). The summed E-state index contributed by atoms with van der Waals surface area (Å²) in [6.07, 6.45) is 0. The number of anilines is 1. The molecule has 0 bridgehead atoms. The molecule has 1 unspecified atom stereocenters. The van der Waals surface area contributed by atoms with Crippen LogP contribution in [-0.2, 0) is 0 Å². The highest BCUT2D eigenvalue weighted by Crippen LogP contribution is 2.33. The number of likely N-dealkylation sites (N-methyl/N-ethyl adjacent to an activating group) is 1. The van der Waals surface area contributed by atoms with Crippen LogP contribution in [0.5, 0.6) is 0 Å². The molecule has 0 fully saturated rings. The van der Waals surface area contributed by atoms with Gasteiger partial charge in [0.25, 0.3) is 5.91 Å². The molecule has 0 saturated carbocycles. The number of nitrogens with two attached hydrogens (primary N) is 1. The van der Waals surface area contributed by atoms with Gasteiger partial charge in [-0.1, -0.05) is 0 Å². The van der Waals surface area contributed by atoms with Gasteiger partial charge in [0.15, 0.2) is 0 Å². The third-order valence-electron chi connectivity index (χ3n) is 3.33. The van der Waals surface area contributed by atoms with E-state index in [2.05, 4.69) is 5.32 Å². The van der Waals surface area contributed by atoms with Gasteiger partial charge in [0, 0.05) is 22.7 Å². The predicted molar refractivity (Wildman–Crippen MR) is 81.7 cm³/mol. The normalized spacial score (nSPS) is 12.8. The topological polar surface area (TPSA) is 58.4 Å². The Balaban J connectivity index is 2.20. The summed E-state index contributed by atoms with van der Waals surface area (Å²) in [5.41, 5.74) is 6.29. The number of thiophene rings is 1. The summed E-state index contributed by atoms with van der Waals surface area (Å²) in [6.45, 7) is 2.55. The molecule has 6 heteroatoms. The molecule has 0 aliphatic carbocycles. The lowest BCUT2D eigenvalue weighted by Crippen LogP contribution is -2.38. The van der Waals surface area contributed by atoms with E-state index in [0.717, 1.165) is 4.70 Å². The molecular weight excluding hydrogens is 277 g/mol. The van der Waals surface area contributed by atoms with Crippen LogP contribution in [0.1, 0.15) is 16.6 Å². The van der Waals surface area contributed by atoms with Crippen molar-refractivity contribution in [3.63, 3.8) is 0 Å². The number of hydrogen-bond acceptors (Lipinski definition) is 4. The quantitative estimate of drug-likeness (QED) is 0.910. The van der Waals surface area contributed by atoms with Crippen LogP contribution < -0.4 is 11.1 Å². The van der Waals surface area contributed by atoms with Crippen molar-refractivity contribution in [1.82, 2.24) is 10.2 Å². The summed E-state index contributed by atoms with van der Waals surface area (Å²) >= 11 is 1.28. The number of benzene rings is 1. The molecule has 0 spiro atoms. The highest BCUT2D eigenvalue weighted by molar-refractivity contribution is 7.21. The van der Waals surface area contributed by atoms with Gasteiger partial charge in [0.2, 0.25) is 0 Å². The molecule has 2 aromatic rings. The van der Waals surface area contributed by atoms with E-state index in [1.165, 1.54) is 23.5 Å². The largest absolute Gasteiger partial charge is 0.397 e. The second-order valence-electron chi connectivity index (χ2n) is 5.01. The zero-order chi connectivity index (χ0) is 14.9. The average molecular weight is 295 g/mol. The first-order valence-electron chi connectivity index (χ1n) is 6.32. The summed E-state index contributed by atoms with van der Waals surface area (Å²) in [4.78, 5) is 14.6. The molecule has 1 atom stereocenters. The third kappa shape index (κ3) is 2.91. The fourth-order valence-corrected chi connectivity index (χ4v) is 2.78. The highest BCUT2D eigenvalue weighted by atomic mass is 32.1. The monoisotopic (exact) mass is 295 g/mol. The van der Waals surface area contributed by atoms with E-state index < -0.39 is 0 Å². The van der Waals surface area contributed by atoms with Crippen molar-refractivity contribution in [2.45, 2.75) is 13.0 Å². The smallest absolute Gasteiger partial charge is 0.263 e. The van der Waals surface area contributed by atoms with E-state index in [1.807, 2.05) is 25.9 Å². The van der Waals surface area contributed by atoms with E-state index in [4.69, 9.17) is 5.73 Å². The number of nitrogens with zero attached hydrogens (tertiary/aromatic N) is 1. The van der Waals surface area contributed by atoms with Gasteiger partial charge in [0.05, 0.1) is 5.69 Å². The first-order valence-corrected chi connectivity index (χ1v) is 7.14. The minimum Gasteiger partial charge on any atom is -0.397 e. The van der Waals surface area contributed by atoms with E-state index in [0.29, 0.717) is 22.5 Å². The van der Waals surface area contributed by atoms with Crippen molar-refractivity contribution >= 4 is 33.0 Å². The zero-order valence-corrected chi connectivity index (χ0v) is 12.6. The fraction of sp³-hybridized carbons (Fsp3) is 0.357. The lowest BCUT2D eigenvalue weighted by atomic mass is 10.2. The maximum absolute atomic E-state index is 13.2. The van der Waals surface area contributed by atoms with Gasteiger partial charge in [-0.25, -0.2) is 4.39 Å². The maximum Gasteiger partial charge on any atom is 0.263 e. The van der Waals surface area contributed by atoms with Gasteiger partial charge >= 0.3 is 0 Å². The summed E-state index contributed by atoms with van der Waals surface area (Å²) in [7, 11) is 3.90. The second kappa shape index (κ2) is 5.76. The van der Waals surface area contributed by atoms with Crippen LogP contribution in [0, 0.1) is 5.82 Å². The third-order valence-corrected chi connectivity index (χ3v) is 4.52. The number of fused-ring (bicyclic) bond motifs is 1. The van der Waals surface area contributed by atoms with Gasteiger partial charge in [-0.15, -0.1) is 11.3 Å². The number of carbonyl (C=O) groups is 1. The van der Waals surface area contributed by atoms with Crippen molar-refractivity contribution in [2.75, 3.05) is 26.4 Å². The summed E-state index contributed by atoms with van der Waals surface area (Å²) in [5, 5.41) is 3.45. The Hall–Kier alpha value is -1.66. The summed E-state index contributed by atoms with van der Waals surface area (Å²) < 4.78 is 14.0. The fourth-order valence-electron chi connectivity index (χ4n) is 1.76. The van der Waals surface area contributed by atoms with Crippen molar-refractivity contribution < 1.29 is 9.18 Å². The Morgan fingerprint density at radius 1 is 1.50 bits per heavy atom. The summed E-state index contributed by atoms with van der Waals surface area (Å²) in [5.74, 6) is -0.562. The number of hydrogen-bond donors (Lipinski definition) is 2. The minimum atomic E-state index is -0.352. The predicted octanol–water partition coefficient (Wildman–Crippen LogP) is 2.30. The molecular formula is C14H18FN3OS. The SMILES string of the molecule is CC(CNC(=O)c1sc2ccc(F)cc2c1N)N(C)C. The molecule has 0 aliphatic heterocycles. The Morgan fingerprint density at radius 2 is 2.20 bits per heavy atom. The Bertz CT molecular complexity index is 639. The van der Waals surface area contributed by atoms with Crippen LogP contribution in [0.15, 0.2) is 18.2 Å². The number of carbonyl (C=O) groups excluding carboxylic acids is 1. The second-order valence-corrected chi connectivity index (χ2v) is 6.06. The molecule has 3 N–H and O–H groups in total. The molecule has 0 radical (unpaired) electrons. The minimum absolute atomic E-state index is 0.210. The van der Waals surface area contributed by atoms with Crippen LogP contribution in [0.2, 0.25) is 0 Å². The molecule has 1 aromatic heterocycles. The number of nitrogens with one attached hydrogen (secondary N) is 1. The van der Waals surface area contributed by atoms with E-state index in [9.17, 15) is 9.18 Å². The zero-order valence-electron chi connectivity index (χ0n) is 11.7. The van der Waals surface area contributed by atoms with Crippen LogP contribution in [0.3, 0.4) is 0 Å². The first-order chi connectivity index (χ1) is 9.40. The number of amides is 1. The van der Waals surface area contributed by atoms with Crippen molar-refractivity contribution in [3.8, 4) is 0 Å². The van der Waals surface area contributed by atoms with Crippen molar-refractivity contribution in [3.05, 3.63) is 28.9 Å². The molecule has 20 heavy (non-hydrogen) atoms. The van der Waals surface area contributed by atoms with Gasteiger partial charge in [-0.05, 0) is 39.2 Å². The lowest BCUT2D eigenvalue weighted by molar-refractivity contribution is 0.0948. The van der Waals surface area contributed by atoms with Crippen LogP contribution >= 0.6 is 11.3 Å².